The number of hydrogen-bond donors (Lipinski definition) is 4. The van der Waals surface area contributed by atoms with E-state index < -0.39 is 0 Å². The third kappa shape index (κ3) is 6.79. The molecule has 1 aromatic heterocycles. The van der Waals surface area contributed by atoms with Gasteiger partial charge < -0.3 is 25.7 Å². The fourth-order valence-electron chi connectivity index (χ4n) is 2.28. The number of halogens is 2. The summed E-state index contributed by atoms with van der Waals surface area (Å²) in [6.07, 6.45) is 1.04. The highest BCUT2D eigenvalue weighted by Crippen LogP contribution is 2.22. The van der Waals surface area contributed by atoms with Crippen LogP contribution < -0.4 is 16.2 Å². The topological polar surface area (TPSA) is 106 Å². The molecular formula is C18H24Cl2N6O2. The number of aromatic amines is 1. The van der Waals surface area contributed by atoms with Crippen molar-refractivity contribution in [2.24, 2.45) is 0 Å². The van der Waals surface area contributed by atoms with Crippen LogP contribution in [0.25, 0.3) is 0 Å². The Bertz CT molecular complexity index is 856. The Kier molecular flexibility index (Phi) is 8.72. The fraction of sp³-hybridized carbons (Fsp3) is 0.389. The molecule has 2 rings (SSSR count). The molecule has 1 aromatic carbocycles. The van der Waals surface area contributed by atoms with Crippen LogP contribution >= 0.6 is 23.2 Å². The van der Waals surface area contributed by atoms with Crippen molar-refractivity contribution in [1.29, 1.82) is 5.41 Å². The van der Waals surface area contributed by atoms with E-state index in [0.29, 0.717) is 36.3 Å². The molecule has 0 aliphatic carbocycles. The van der Waals surface area contributed by atoms with Crippen LogP contribution in [0.1, 0.15) is 11.3 Å². The molecule has 4 N–H and O–H groups in total. The zero-order valence-corrected chi connectivity index (χ0v) is 17.3. The Morgan fingerprint density at radius 2 is 2.04 bits per heavy atom. The van der Waals surface area contributed by atoms with Gasteiger partial charge in [-0.1, -0.05) is 29.3 Å². The van der Waals surface area contributed by atoms with Gasteiger partial charge in [-0.2, -0.15) is 0 Å². The van der Waals surface area contributed by atoms with Gasteiger partial charge in [0.2, 0.25) is 5.95 Å². The SMILES string of the molecule is CN(C)CCOCCNc1c(C=N)nc(NCc2ccc(Cl)c(Cl)c2)[nH]c1=O. The highest BCUT2D eigenvalue weighted by molar-refractivity contribution is 6.42. The second kappa shape index (κ2) is 11.0. The summed E-state index contributed by atoms with van der Waals surface area (Å²) in [4.78, 5) is 21.3. The second-order valence-electron chi connectivity index (χ2n) is 6.26. The smallest absolute Gasteiger partial charge is 0.276 e. The summed E-state index contributed by atoms with van der Waals surface area (Å²) in [5, 5.41) is 14.5. The molecule has 10 heteroatoms. The first-order chi connectivity index (χ1) is 13.4. The average Bonchev–Trinajstić information content (AvgIpc) is 2.66. The quantitative estimate of drug-likeness (QED) is 0.325. The van der Waals surface area contributed by atoms with Gasteiger partial charge in [0.15, 0.2) is 0 Å². The molecule has 2 aromatic rings. The highest BCUT2D eigenvalue weighted by atomic mass is 35.5. The molecule has 0 spiro atoms. The number of anilines is 2. The van der Waals surface area contributed by atoms with E-state index in [0.717, 1.165) is 18.3 Å². The van der Waals surface area contributed by atoms with Gasteiger partial charge >= 0.3 is 0 Å². The Labute approximate surface area is 173 Å². The number of likely N-dealkylation sites (N-methyl/N-ethyl adjacent to an activating group) is 1. The van der Waals surface area contributed by atoms with Gasteiger partial charge in [-0.3, -0.25) is 9.78 Å². The number of benzene rings is 1. The van der Waals surface area contributed by atoms with Gasteiger partial charge in [0.25, 0.3) is 5.56 Å². The molecule has 0 saturated carbocycles. The lowest BCUT2D eigenvalue weighted by Crippen LogP contribution is -2.24. The predicted octanol–water partition coefficient (Wildman–Crippen LogP) is 2.68. The number of aromatic nitrogens is 2. The zero-order valence-electron chi connectivity index (χ0n) is 15.8. The standard InChI is InChI=1S/C18H24Cl2N6O2/c1-26(2)6-8-28-7-5-22-16-15(10-21)24-18(25-17(16)27)23-11-12-3-4-13(19)14(20)9-12/h3-4,9-10,21-22H,5-8,11H2,1-2H3,(H2,23,24,25,27). The summed E-state index contributed by atoms with van der Waals surface area (Å²) in [5.74, 6) is 0.266. The summed E-state index contributed by atoms with van der Waals surface area (Å²) in [6, 6.07) is 5.26. The van der Waals surface area contributed by atoms with E-state index in [9.17, 15) is 4.79 Å². The van der Waals surface area contributed by atoms with Crippen LogP contribution in [0.4, 0.5) is 11.6 Å². The first kappa shape index (κ1) is 22.2. The van der Waals surface area contributed by atoms with Crippen LogP contribution in [-0.4, -0.2) is 61.5 Å². The third-order valence-electron chi connectivity index (χ3n) is 3.76. The number of ether oxygens (including phenoxy) is 1. The molecular weight excluding hydrogens is 403 g/mol. The molecule has 0 aliphatic rings. The predicted molar refractivity (Wildman–Crippen MR) is 114 cm³/mol. The molecule has 8 nitrogen and oxygen atoms in total. The van der Waals surface area contributed by atoms with Crippen LogP contribution in [0, 0.1) is 5.41 Å². The minimum Gasteiger partial charge on any atom is -0.378 e. The van der Waals surface area contributed by atoms with Crippen LogP contribution in [0.2, 0.25) is 10.0 Å². The molecule has 0 radical (unpaired) electrons. The number of rotatable bonds is 11. The lowest BCUT2D eigenvalue weighted by Gasteiger charge is -2.12. The summed E-state index contributed by atoms with van der Waals surface area (Å²) >= 11 is 11.9. The van der Waals surface area contributed by atoms with Gasteiger partial charge in [0, 0.05) is 25.8 Å². The minimum absolute atomic E-state index is 0.242. The Morgan fingerprint density at radius 1 is 1.25 bits per heavy atom. The molecule has 152 valence electrons. The van der Waals surface area contributed by atoms with Crippen LogP contribution in [-0.2, 0) is 11.3 Å². The van der Waals surface area contributed by atoms with Crippen LogP contribution in [0.3, 0.4) is 0 Å². The lowest BCUT2D eigenvalue weighted by molar-refractivity contribution is 0.126. The monoisotopic (exact) mass is 426 g/mol. The van der Waals surface area contributed by atoms with Crippen molar-refractivity contribution in [1.82, 2.24) is 14.9 Å². The lowest BCUT2D eigenvalue weighted by atomic mass is 10.2. The Hall–Kier alpha value is -2.13. The normalized spacial score (nSPS) is 10.9. The molecule has 0 fully saturated rings. The summed E-state index contributed by atoms with van der Waals surface area (Å²) in [7, 11) is 3.95. The van der Waals surface area contributed by atoms with Crippen molar-refractivity contribution in [2.75, 3.05) is 51.0 Å². The zero-order chi connectivity index (χ0) is 20.5. The van der Waals surface area contributed by atoms with E-state index in [1.54, 1.807) is 12.1 Å². The maximum atomic E-state index is 12.4. The van der Waals surface area contributed by atoms with Gasteiger partial charge in [-0.05, 0) is 31.8 Å². The number of nitrogens with zero attached hydrogens (tertiary/aromatic N) is 2. The Balaban J connectivity index is 1.95. The average molecular weight is 427 g/mol. The van der Waals surface area contributed by atoms with Crippen molar-refractivity contribution in [3.05, 3.63) is 49.9 Å². The molecule has 1 heterocycles. The third-order valence-corrected chi connectivity index (χ3v) is 4.50. The van der Waals surface area contributed by atoms with Crippen LogP contribution in [0.15, 0.2) is 23.0 Å². The van der Waals surface area contributed by atoms with Crippen molar-refractivity contribution in [3.8, 4) is 0 Å². The minimum atomic E-state index is -0.363. The van der Waals surface area contributed by atoms with Crippen molar-refractivity contribution in [2.45, 2.75) is 6.54 Å². The van der Waals surface area contributed by atoms with Gasteiger partial charge in [-0.25, -0.2) is 4.98 Å². The molecule has 0 aliphatic heterocycles. The van der Waals surface area contributed by atoms with E-state index >= 15 is 0 Å². The summed E-state index contributed by atoms with van der Waals surface area (Å²) in [6.45, 7) is 2.71. The first-order valence-corrected chi connectivity index (χ1v) is 9.45. The largest absolute Gasteiger partial charge is 0.378 e. The molecule has 0 bridgehead atoms. The van der Waals surface area contributed by atoms with E-state index in [-0.39, 0.29) is 22.9 Å². The second-order valence-corrected chi connectivity index (χ2v) is 7.08. The van der Waals surface area contributed by atoms with E-state index in [2.05, 4.69) is 20.6 Å². The maximum absolute atomic E-state index is 12.4. The number of hydrogen-bond acceptors (Lipinski definition) is 7. The van der Waals surface area contributed by atoms with Crippen molar-refractivity contribution >= 4 is 41.1 Å². The van der Waals surface area contributed by atoms with Crippen LogP contribution in [0.5, 0.6) is 0 Å². The van der Waals surface area contributed by atoms with E-state index in [1.165, 1.54) is 0 Å². The summed E-state index contributed by atoms with van der Waals surface area (Å²) in [5.41, 5.74) is 1.00. The van der Waals surface area contributed by atoms with Gasteiger partial charge in [0.05, 0.1) is 23.3 Å². The van der Waals surface area contributed by atoms with Gasteiger partial charge in [0.1, 0.15) is 11.4 Å². The van der Waals surface area contributed by atoms with Crippen molar-refractivity contribution < 1.29 is 4.74 Å². The molecule has 0 unspecified atom stereocenters. The Morgan fingerprint density at radius 3 is 2.71 bits per heavy atom. The summed E-state index contributed by atoms with van der Waals surface area (Å²) < 4.78 is 5.48. The first-order valence-electron chi connectivity index (χ1n) is 8.69. The molecule has 28 heavy (non-hydrogen) atoms. The molecule has 0 atom stereocenters. The molecule has 0 saturated heterocycles. The highest BCUT2D eigenvalue weighted by Gasteiger charge is 2.10. The van der Waals surface area contributed by atoms with E-state index in [4.69, 9.17) is 33.3 Å². The fourth-order valence-corrected chi connectivity index (χ4v) is 2.60. The number of nitrogens with one attached hydrogen (secondary N) is 4. The maximum Gasteiger partial charge on any atom is 0.276 e. The van der Waals surface area contributed by atoms with E-state index in [1.807, 2.05) is 25.1 Å². The molecule has 0 amide bonds. The van der Waals surface area contributed by atoms with Gasteiger partial charge in [-0.15, -0.1) is 0 Å². The number of H-pyrrole nitrogens is 1. The van der Waals surface area contributed by atoms with Crippen molar-refractivity contribution in [3.63, 3.8) is 0 Å².